The molecule has 1 saturated heterocycles. The van der Waals surface area contributed by atoms with Gasteiger partial charge in [-0.15, -0.1) is 0 Å². The van der Waals surface area contributed by atoms with E-state index in [-0.39, 0.29) is 0 Å². The van der Waals surface area contributed by atoms with Crippen molar-refractivity contribution >= 4 is 0 Å². The van der Waals surface area contributed by atoms with Crippen molar-refractivity contribution in [3.05, 3.63) is 0 Å². The smallest absolute Gasteiger partial charge is 0.0619 e. The van der Waals surface area contributed by atoms with E-state index in [9.17, 15) is 0 Å². The molecule has 0 radical (unpaired) electrons. The van der Waals surface area contributed by atoms with Crippen LogP contribution in [0.5, 0.6) is 0 Å². The van der Waals surface area contributed by atoms with Crippen LogP contribution in [0.2, 0.25) is 0 Å². The summed E-state index contributed by atoms with van der Waals surface area (Å²) < 4.78 is 5.52. The minimum Gasteiger partial charge on any atom is -0.380 e. The fourth-order valence-electron chi connectivity index (χ4n) is 2.22. The van der Waals surface area contributed by atoms with Crippen LogP contribution in [0, 0.1) is 5.92 Å². The van der Waals surface area contributed by atoms with Gasteiger partial charge in [-0.1, -0.05) is 13.8 Å². The minimum absolute atomic E-state index is 0.543. The normalized spacial score (nSPS) is 25.7. The molecule has 0 aromatic carbocycles. The van der Waals surface area contributed by atoms with Crippen LogP contribution in [0.3, 0.4) is 0 Å². The summed E-state index contributed by atoms with van der Waals surface area (Å²) in [4.78, 5) is 2.57. The zero-order chi connectivity index (χ0) is 12.0. The van der Waals surface area contributed by atoms with E-state index < -0.39 is 0 Å². The summed E-state index contributed by atoms with van der Waals surface area (Å²) >= 11 is 0. The molecule has 0 bridgehead atoms. The van der Waals surface area contributed by atoms with Crippen molar-refractivity contribution in [3.8, 4) is 0 Å². The quantitative estimate of drug-likeness (QED) is 0.775. The van der Waals surface area contributed by atoms with Crippen molar-refractivity contribution in [1.29, 1.82) is 0 Å². The Bertz CT molecular complexity index is 185. The highest BCUT2D eigenvalue weighted by atomic mass is 16.5. The van der Waals surface area contributed by atoms with Crippen LogP contribution >= 0.6 is 0 Å². The SMILES string of the molecule is CCOCC(C)N1CCCNC(C(C)C)C1. The van der Waals surface area contributed by atoms with Gasteiger partial charge in [-0.2, -0.15) is 0 Å². The molecule has 0 aromatic rings. The molecular formula is C13H28N2O. The van der Waals surface area contributed by atoms with E-state index in [1.54, 1.807) is 0 Å². The molecule has 16 heavy (non-hydrogen) atoms. The lowest BCUT2D eigenvalue weighted by Gasteiger charge is -2.31. The highest BCUT2D eigenvalue weighted by Gasteiger charge is 2.23. The average molecular weight is 228 g/mol. The molecular weight excluding hydrogens is 200 g/mol. The topological polar surface area (TPSA) is 24.5 Å². The molecule has 96 valence electrons. The van der Waals surface area contributed by atoms with Gasteiger partial charge in [-0.3, -0.25) is 4.90 Å². The number of hydrogen-bond donors (Lipinski definition) is 1. The zero-order valence-corrected chi connectivity index (χ0v) is 11.3. The van der Waals surface area contributed by atoms with E-state index in [2.05, 4.69) is 37.9 Å². The van der Waals surface area contributed by atoms with Gasteiger partial charge in [0.15, 0.2) is 0 Å². The first-order chi connectivity index (χ1) is 7.65. The molecule has 1 aliphatic rings. The van der Waals surface area contributed by atoms with Gasteiger partial charge >= 0.3 is 0 Å². The summed E-state index contributed by atoms with van der Waals surface area (Å²) in [5.74, 6) is 0.708. The van der Waals surface area contributed by atoms with E-state index in [1.807, 2.05) is 0 Å². The predicted octanol–water partition coefficient (Wildman–Crippen LogP) is 1.73. The maximum atomic E-state index is 5.52. The summed E-state index contributed by atoms with van der Waals surface area (Å²) in [5.41, 5.74) is 0. The van der Waals surface area contributed by atoms with Crippen LogP contribution in [0.1, 0.15) is 34.1 Å². The van der Waals surface area contributed by atoms with Crippen molar-refractivity contribution in [3.63, 3.8) is 0 Å². The lowest BCUT2D eigenvalue weighted by atomic mass is 10.0. The number of nitrogens with zero attached hydrogens (tertiary/aromatic N) is 1. The monoisotopic (exact) mass is 228 g/mol. The first kappa shape index (κ1) is 13.9. The molecule has 2 unspecified atom stereocenters. The number of ether oxygens (including phenoxy) is 1. The summed E-state index contributed by atoms with van der Waals surface area (Å²) in [6.45, 7) is 14.1. The Morgan fingerprint density at radius 3 is 2.75 bits per heavy atom. The standard InChI is InChI=1S/C13H28N2O/c1-5-16-10-12(4)15-8-6-7-14-13(9-15)11(2)3/h11-14H,5-10H2,1-4H3. The first-order valence-corrected chi connectivity index (χ1v) is 6.70. The average Bonchev–Trinajstić information content (AvgIpc) is 2.51. The van der Waals surface area contributed by atoms with Crippen molar-refractivity contribution in [2.45, 2.75) is 46.2 Å². The Morgan fingerprint density at radius 2 is 2.12 bits per heavy atom. The van der Waals surface area contributed by atoms with Gasteiger partial charge in [0, 0.05) is 25.2 Å². The molecule has 0 amide bonds. The molecule has 1 rings (SSSR count). The number of nitrogens with one attached hydrogen (secondary N) is 1. The molecule has 2 atom stereocenters. The maximum absolute atomic E-state index is 5.52. The summed E-state index contributed by atoms with van der Waals surface area (Å²) in [6, 6.07) is 1.17. The molecule has 1 aliphatic heterocycles. The number of rotatable bonds is 5. The Labute approximate surface area is 101 Å². The van der Waals surface area contributed by atoms with Crippen LogP contribution in [0.15, 0.2) is 0 Å². The van der Waals surface area contributed by atoms with Crippen molar-refractivity contribution in [2.75, 3.05) is 32.8 Å². The summed E-state index contributed by atoms with van der Waals surface area (Å²) in [7, 11) is 0. The minimum atomic E-state index is 0.543. The third-order valence-corrected chi connectivity index (χ3v) is 3.45. The molecule has 0 saturated carbocycles. The van der Waals surface area contributed by atoms with Crippen LogP contribution in [-0.2, 0) is 4.74 Å². The van der Waals surface area contributed by atoms with E-state index in [0.29, 0.717) is 18.0 Å². The van der Waals surface area contributed by atoms with Gasteiger partial charge in [0.2, 0.25) is 0 Å². The van der Waals surface area contributed by atoms with Crippen LogP contribution < -0.4 is 5.32 Å². The largest absolute Gasteiger partial charge is 0.380 e. The molecule has 0 spiro atoms. The van der Waals surface area contributed by atoms with Crippen molar-refractivity contribution in [2.24, 2.45) is 5.92 Å². The molecule has 1 N–H and O–H groups in total. The first-order valence-electron chi connectivity index (χ1n) is 6.70. The second-order valence-corrected chi connectivity index (χ2v) is 5.16. The maximum Gasteiger partial charge on any atom is 0.0619 e. The Kier molecular flexibility index (Phi) is 6.32. The van der Waals surface area contributed by atoms with E-state index >= 15 is 0 Å². The van der Waals surface area contributed by atoms with Crippen LogP contribution in [-0.4, -0.2) is 49.8 Å². The highest BCUT2D eigenvalue weighted by Crippen LogP contribution is 2.11. The molecule has 1 heterocycles. The van der Waals surface area contributed by atoms with E-state index in [0.717, 1.165) is 26.3 Å². The second-order valence-electron chi connectivity index (χ2n) is 5.16. The molecule has 3 nitrogen and oxygen atoms in total. The number of hydrogen-bond acceptors (Lipinski definition) is 3. The van der Waals surface area contributed by atoms with Gasteiger partial charge in [-0.25, -0.2) is 0 Å². The second kappa shape index (κ2) is 7.25. The lowest BCUT2D eigenvalue weighted by Crippen LogP contribution is -2.45. The van der Waals surface area contributed by atoms with Crippen LogP contribution in [0.25, 0.3) is 0 Å². The fourth-order valence-corrected chi connectivity index (χ4v) is 2.22. The Morgan fingerprint density at radius 1 is 1.38 bits per heavy atom. The van der Waals surface area contributed by atoms with Gasteiger partial charge in [-0.05, 0) is 39.3 Å². The Hall–Kier alpha value is -0.120. The van der Waals surface area contributed by atoms with Gasteiger partial charge in [0.1, 0.15) is 0 Å². The lowest BCUT2D eigenvalue weighted by molar-refractivity contribution is 0.0702. The Balaban J connectivity index is 2.44. The summed E-state index contributed by atoms with van der Waals surface area (Å²) in [6.07, 6.45) is 1.25. The van der Waals surface area contributed by atoms with E-state index in [1.165, 1.54) is 13.0 Å². The van der Waals surface area contributed by atoms with Crippen LogP contribution in [0.4, 0.5) is 0 Å². The molecule has 0 aromatic heterocycles. The molecule has 3 heteroatoms. The van der Waals surface area contributed by atoms with E-state index in [4.69, 9.17) is 4.74 Å². The van der Waals surface area contributed by atoms with Crippen molar-refractivity contribution in [1.82, 2.24) is 10.2 Å². The highest BCUT2D eigenvalue weighted by molar-refractivity contribution is 4.81. The third-order valence-electron chi connectivity index (χ3n) is 3.45. The van der Waals surface area contributed by atoms with Crippen molar-refractivity contribution < 1.29 is 4.74 Å². The predicted molar refractivity (Wildman–Crippen MR) is 68.8 cm³/mol. The fraction of sp³-hybridized carbons (Fsp3) is 1.00. The molecule has 0 aliphatic carbocycles. The van der Waals surface area contributed by atoms with Gasteiger partial charge in [0.25, 0.3) is 0 Å². The third kappa shape index (κ3) is 4.40. The summed E-state index contributed by atoms with van der Waals surface area (Å²) in [5, 5.41) is 3.64. The zero-order valence-electron chi connectivity index (χ0n) is 11.3. The molecule has 1 fully saturated rings. The van der Waals surface area contributed by atoms with Gasteiger partial charge in [0.05, 0.1) is 6.61 Å². The van der Waals surface area contributed by atoms with Gasteiger partial charge < -0.3 is 10.1 Å².